The molecule has 3 heterocycles. The number of rotatable bonds is 4. The zero-order chi connectivity index (χ0) is 17.3. The van der Waals surface area contributed by atoms with Gasteiger partial charge in [-0.15, -0.1) is 41.2 Å². The smallest absolute Gasteiger partial charge is 0.274 e. The number of carbonyl (C=O) groups excluding carboxylic acids is 1. The summed E-state index contributed by atoms with van der Waals surface area (Å²) < 4.78 is 1.85. The molecule has 2 aromatic rings. The molecule has 2 fully saturated rings. The first-order valence-corrected chi connectivity index (χ1v) is 9.92. The van der Waals surface area contributed by atoms with Gasteiger partial charge < -0.3 is 10.6 Å². The van der Waals surface area contributed by atoms with E-state index >= 15 is 0 Å². The average Bonchev–Trinajstić information content (AvgIpc) is 3.36. The molecule has 0 radical (unpaired) electrons. The monoisotopic (exact) mass is 432 g/mol. The predicted octanol–water partition coefficient (Wildman–Crippen LogP) is 3.01. The lowest BCUT2D eigenvalue weighted by Gasteiger charge is -2.27. The van der Waals surface area contributed by atoms with Crippen LogP contribution in [0.2, 0.25) is 0 Å². The molecule has 0 unspecified atom stereocenters. The topological polar surface area (TPSA) is 84.7 Å². The number of hydrogen-bond donors (Lipinski definition) is 2. The minimum Gasteiger partial charge on any atom is -0.339 e. The molecule has 0 spiro atoms. The van der Waals surface area contributed by atoms with Crippen LogP contribution in [0, 0.1) is 6.92 Å². The van der Waals surface area contributed by atoms with Crippen molar-refractivity contribution in [2.75, 3.05) is 13.1 Å². The molecule has 0 atom stereocenters. The van der Waals surface area contributed by atoms with E-state index in [1.165, 1.54) is 0 Å². The Morgan fingerprint density at radius 1 is 1.30 bits per heavy atom. The Hall–Kier alpha value is -1.22. The van der Waals surface area contributed by atoms with Gasteiger partial charge in [-0.3, -0.25) is 4.79 Å². The molecule has 7 nitrogen and oxygen atoms in total. The third kappa shape index (κ3) is 4.62. The summed E-state index contributed by atoms with van der Waals surface area (Å²) in [6.45, 7) is 3.96. The molecule has 1 aliphatic heterocycles. The first-order valence-electron chi connectivity index (χ1n) is 9.04. The van der Waals surface area contributed by atoms with E-state index in [0.717, 1.165) is 62.3 Å². The molecule has 2 aromatic heterocycles. The Bertz CT molecular complexity index is 752. The Labute approximate surface area is 175 Å². The van der Waals surface area contributed by atoms with Gasteiger partial charge in [-0.2, -0.15) is 0 Å². The normalized spacial score (nSPS) is 19.1. The molecule has 2 N–H and O–H groups in total. The summed E-state index contributed by atoms with van der Waals surface area (Å²) in [7, 11) is 0. The number of nitrogens with zero attached hydrogens (tertiary/aromatic N) is 4. The summed E-state index contributed by atoms with van der Waals surface area (Å²) in [6.07, 6.45) is 7.93. The summed E-state index contributed by atoms with van der Waals surface area (Å²) >= 11 is 1.64. The highest BCUT2D eigenvalue weighted by Crippen LogP contribution is 2.40. The number of hydrogen-bond acceptors (Lipinski definition) is 6. The first kappa shape index (κ1) is 22.1. The van der Waals surface area contributed by atoms with Crippen molar-refractivity contribution < 1.29 is 4.79 Å². The summed E-state index contributed by atoms with van der Waals surface area (Å²) in [5, 5.41) is 18.0. The fourth-order valence-electron chi connectivity index (χ4n) is 3.86. The molecule has 0 aromatic carbocycles. The lowest BCUT2D eigenvalue weighted by molar-refractivity contribution is 0.0892. The fraction of sp³-hybridized carbons (Fsp3) is 0.647. The van der Waals surface area contributed by atoms with Gasteiger partial charge in [0.15, 0.2) is 5.69 Å². The van der Waals surface area contributed by atoms with Gasteiger partial charge in [-0.05, 0) is 45.7 Å². The highest BCUT2D eigenvalue weighted by Gasteiger charge is 2.40. The van der Waals surface area contributed by atoms with Crippen molar-refractivity contribution in [3.05, 3.63) is 28.0 Å². The number of aryl methyl sites for hydroxylation is 1. The van der Waals surface area contributed by atoms with Gasteiger partial charge in [0.1, 0.15) is 5.01 Å². The van der Waals surface area contributed by atoms with E-state index in [-0.39, 0.29) is 36.3 Å². The lowest BCUT2D eigenvalue weighted by Crippen LogP contribution is -2.44. The van der Waals surface area contributed by atoms with E-state index in [2.05, 4.69) is 31.3 Å². The number of aromatic nitrogens is 4. The molecule has 27 heavy (non-hydrogen) atoms. The van der Waals surface area contributed by atoms with E-state index in [4.69, 9.17) is 0 Å². The van der Waals surface area contributed by atoms with Crippen LogP contribution >= 0.6 is 36.2 Å². The Balaban J connectivity index is 0.00000131. The van der Waals surface area contributed by atoms with E-state index in [1.54, 1.807) is 17.5 Å². The van der Waals surface area contributed by atoms with E-state index < -0.39 is 0 Å². The van der Waals surface area contributed by atoms with Gasteiger partial charge in [-0.1, -0.05) is 18.1 Å². The van der Waals surface area contributed by atoms with Gasteiger partial charge >= 0.3 is 0 Å². The van der Waals surface area contributed by atoms with Crippen LogP contribution in [0.1, 0.15) is 65.8 Å². The zero-order valence-electron chi connectivity index (χ0n) is 15.3. The molecule has 1 saturated heterocycles. The van der Waals surface area contributed by atoms with Crippen LogP contribution in [0.4, 0.5) is 0 Å². The van der Waals surface area contributed by atoms with Crippen molar-refractivity contribution in [1.82, 2.24) is 30.6 Å². The summed E-state index contributed by atoms with van der Waals surface area (Å²) in [5.74, 6) is -0.144. The SMILES string of the molecule is Cc1csc(C2(NC(=O)c3cn(C4CCNCC4)nn3)CCCC2)n1.Cl.Cl. The van der Waals surface area contributed by atoms with Crippen LogP contribution in [0.5, 0.6) is 0 Å². The maximum Gasteiger partial charge on any atom is 0.274 e. The Morgan fingerprint density at radius 2 is 2.00 bits per heavy atom. The van der Waals surface area contributed by atoms with Gasteiger partial charge in [0.2, 0.25) is 0 Å². The second-order valence-electron chi connectivity index (χ2n) is 7.10. The molecule has 4 rings (SSSR count). The molecular formula is C17H26Cl2N6OS. The van der Waals surface area contributed by atoms with Gasteiger partial charge in [0.25, 0.3) is 5.91 Å². The summed E-state index contributed by atoms with van der Waals surface area (Å²) in [5.41, 5.74) is 1.07. The van der Waals surface area contributed by atoms with Crippen molar-refractivity contribution in [2.24, 2.45) is 0 Å². The molecule has 0 bridgehead atoms. The quantitative estimate of drug-likeness (QED) is 0.775. The number of thiazole rings is 1. The maximum absolute atomic E-state index is 12.8. The second-order valence-corrected chi connectivity index (χ2v) is 7.96. The molecule has 1 amide bonds. The zero-order valence-corrected chi connectivity index (χ0v) is 17.8. The lowest BCUT2D eigenvalue weighted by atomic mass is 9.98. The van der Waals surface area contributed by atoms with E-state index in [9.17, 15) is 4.79 Å². The van der Waals surface area contributed by atoms with Crippen molar-refractivity contribution in [3.8, 4) is 0 Å². The van der Waals surface area contributed by atoms with Crippen LogP contribution < -0.4 is 10.6 Å². The van der Waals surface area contributed by atoms with Crippen molar-refractivity contribution >= 4 is 42.1 Å². The molecule has 150 valence electrons. The third-order valence-corrected chi connectivity index (χ3v) is 6.43. The van der Waals surface area contributed by atoms with E-state index in [1.807, 2.05) is 11.6 Å². The second kappa shape index (κ2) is 9.32. The minimum atomic E-state index is -0.339. The Morgan fingerprint density at radius 3 is 2.63 bits per heavy atom. The largest absolute Gasteiger partial charge is 0.339 e. The van der Waals surface area contributed by atoms with E-state index in [0.29, 0.717) is 11.7 Å². The van der Waals surface area contributed by atoms with Crippen LogP contribution in [-0.4, -0.2) is 39.0 Å². The van der Waals surface area contributed by atoms with Crippen molar-refractivity contribution in [2.45, 2.75) is 57.0 Å². The van der Waals surface area contributed by atoms with Gasteiger partial charge in [0, 0.05) is 11.1 Å². The highest BCUT2D eigenvalue weighted by atomic mass is 35.5. The van der Waals surface area contributed by atoms with Crippen LogP contribution in [-0.2, 0) is 5.54 Å². The molecule has 2 aliphatic rings. The fourth-order valence-corrected chi connectivity index (χ4v) is 4.87. The standard InChI is InChI=1S/C17H24N6OS.2ClH/c1-12-11-25-16(19-12)17(6-2-3-7-17)20-15(24)14-10-23(22-21-14)13-4-8-18-9-5-13;;/h10-11,13,18H,2-9H2,1H3,(H,20,24);2*1H. The molecular weight excluding hydrogens is 407 g/mol. The highest BCUT2D eigenvalue weighted by molar-refractivity contribution is 7.09. The van der Waals surface area contributed by atoms with Crippen LogP contribution in [0.25, 0.3) is 0 Å². The number of halogens is 2. The predicted molar refractivity (Wildman–Crippen MR) is 110 cm³/mol. The molecule has 1 saturated carbocycles. The van der Waals surface area contributed by atoms with Gasteiger partial charge in [-0.25, -0.2) is 9.67 Å². The maximum atomic E-state index is 12.8. The van der Waals surface area contributed by atoms with Crippen LogP contribution in [0.3, 0.4) is 0 Å². The number of amides is 1. The third-order valence-electron chi connectivity index (χ3n) is 5.26. The number of carbonyl (C=O) groups is 1. The first-order chi connectivity index (χ1) is 12.2. The van der Waals surface area contributed by atoms with Gasteiger partial charge in [0.05, 0.1) is 17.8 Å². The number of piperidine rings is 1. The summed E-state index contributed by atoms with van der Waals surface area (Å²) in [6, 6.07) is 0.331. The Kier molecular flexibility index (Phi) is 7.62. The molecule has 10 heteroatoms. The van der Waals surface area contributed by atoms with Crippen molar-refractivity contribution in [1.29, 1.82) is 0 Å². The molecule has 1 aliphatic carbocycles. The minimum absolute atomic E-state index is 0. The van der Waals surface area contributed by atoms with Crippen LogP contribution in [0.15, 0.2) is 11.6 Å². The van der Waals surface area contributed by atoms with Crippen molar-refractivity contribution in [3.63, 3.8) is 0 Å². The number of nitrogens with one attached hydrogen (secondary N) is 2. The average molecular weight is 433 g/mol. The summed E-state index contributed by atoms with van der Waals surface area (Å²) in [4.78, 5) is 17.5.